The van der Waals surface area contributed by atoms with Crippen molar-refractivity contribution in [3.05, 3.63) is 36.2 Å². The van der Waals surface area contributed by atoms with Crippen LogP contribution in [-0.2, 0) is 0 Å². The van der Waals surface area contributed by atoms with Crippen LogP contribution in [0.2, 0.25) is 0 Å². The fourth-order valence-electron chi connectivity index (χ4n) is 4.68. The van der Waals surface area contributed by atoms with Gasteiger partial charge in [0.15, 0.2) is 0 Å². The van der Waals surface area contributed by atoms with Crippen molar-refractivity contribution >= 4 is 5.91 Å². The van der Waals surface area contributed by atoms with E-state index in [0.29, 0.717) is 17.4 Å². The highest BCUT2D eigenvalue weighted by molar-refractivity contribution is 5.94. The van der Waals surface area contributed by atoms with Gasteiger partial charge < -0.3 is 10.2 Å². The predicted octanol–water partition coefficient (Wildman–Crippen LogP) is 3.00. The molecule has 1 aliphatic carbocycles. The average molecular weight is 353 g/mol. The van der Waals surface area contributed by atoms with Crippen LogP contribution in [0.3, 0.4) is 0 Å². The lowest BCUT2D eigenvalue weighted by Crippen LogP contribution is -2.48. The van der Waals surface area contributed by atoms with E-state index in [4.69, 9.17) is 0 Å². The van der Waals surface area contributed by atoms with E-state index in [9.17, 15) is 4.79 Å². The average Bonchev–Trinajstić information content (AvgIpc) is 3.29. The van der Waals surface area contributed by atoms with E-state index >= 15 is 0 Å². The first kappa shape index (κ1) is 17.2. The molecule has 1 saturated heterocycles. The zero-order valence-electron chi connectivity index (χ0n) is 15.4. The molecule has 26 heavy (non-hydrogen) atoms. The van der Waals surface area contributed by atoms with Crippen LogP contribution in [0.4, 0.5) is 0 Å². The predicted molar refractivity (Wildman–Crippen MR) is 101 cm³/mol. The zero-order chi connectivity index (χ0) is 18.0. The molecule has 0 radical (unpaired) electrons. The summed E-state index contributed by atoms with van der Waals surface area (Å²) in [6.07, 6.45) is 8.74. The van der Waals surface area contributed by atoms with Crippen LogP contribution in [0.1, 0.15) is 55.9 Å². The van der Waals surface area contributed by atoms with Crippen molar-refractivity contribution in [2.45, 2.75) is 57.0 Å². The lowest BCUT2D eigenvalue weighted by Gasteiger charge is -2.41. The van der Waals surface area contributed by atoms with Gasteiger partial charge in [-0.05, 0) is 44.0 Å². The number of likely N-dealkylation sites (tertiary alicyclic amines) is 1. The van der Waals surface area contributed by atoms with E-state index in [1.165, 1.54) is 19.3 Å². The Hall–Kier alpha value is -2.21. The van der Waals surface area contributed by atoms with Gasteiger partial charge in [0, 0.05) is 24.3 Å². The minimum absolute atomic E-state index is 0.0123. The van der Waals surface area contributed by atoms with Gasteiger partial charge >= 0.3 is 0 Å². The van der Waals surface area contributed by atoms with Crippen LogP contribution < -0.4 is 5.32 Å². The molecule has 1 amide bonds. The molecule has 0 bridgehead atoms. The number of carbonyl (C=O) groups excluding carboxylic acids is 1. The van der Waals surface area contributed by atoms with E-state index in [0.717, 1.165) is 38.0 Å². The highest BCUT2D eigenvalue weighted by Gasteiger charge is 2.48. The molecule has 2 fully saturated rings. The molecule has 4 rings (SSSR count). The van der Waals surface area contributed by atoms with E-state index in [2.05, 4.69) is 32.3 Å². The summed E-state index contributed by atoms with van der Waals surface area (Å²) in [7, 11) is 0. The third-order valence-corrected chi connectivity index (χ3v) is 5.86. The highest BCUT2D eigenvalue weighted by atomic mass is 16.2. The Kier molecular flexibility index (Phi) is 4.76. The second kappa shape index (κ2) is 7.19. The van der Waals surface area contributed by atoms with Gasteiger partial charge in [0.25, 0.3) is 5.91 Å². The molecule has 1 spiro atoms. The molecule has 138 valence electrons. The highest BCUT2D eigenvalue weighted by Crippen LogP contribution is 2.42. The number of rotatable bonds is 4. The first-order chi connectivity index (χ1) is 12.7. The van der Waals surface area contributed by atoms with Crippen LogP contribution >= 0.6 is 0 Å². The Labute approximate surface area is 154 Å². The molecule has 6 nitrogen and oxygen atoms in total. The van der Waals surface area contributed by atoms with Crippen molar-refractivity contribution < 1.29 is 4.79 Å². The standard InChI is InChI=1S/C20H27N5O/c1-2-21-15-13-20(9-5-3-6-10-20)25(14-15)19(26)18-12-17(23-24-18)16-8-4-7-11-22-16/h4,7-8,11-12,15,21H,2-3,5-6,9-10,13-14H2,1H3,(H,23,24)/t15-/m0/s1. The number of H-pyrrole nitrogens is 1. The number of aromatic amines is 1. The van der Waals surface area contributed by atoms with E-state index in [-0.39, 0.29) is 11.4 Å². The maximum atomic E-state index is 13.3. The number of hydrogen-bond donors (Lipinski definition) is 2. The smallest absolute Gasteiger partial charge is 0.272 e. The maximum absolute atomic E-state index is 13.3. The van der Waals surface area contributed by atoms with Crippen molar-refractivity contribution in [3.63, 3.8) is 0 Å². The summed E-state index contributed by atoms with van der Waals surface area (Å²) >= 11 is 0. The summed E-state index contributed by atoms with van der Waals surface area (Å²) in [6.45, 7) is 3.85. The van der Waals surface area contributed by atoms with Crippen molar-refractivity contribution in [1.29, 1.82) is 0 Å². The summed E-state index contributed by atoms with van der Waals surface area (Å²) < 4.78 is 0. The van der Waals surface area contributed by atoms with Crippen LogP contribution in [0.5, 0.6) is 0 Å². The number of carbonyl (C=O) groups is 1. The first-order valence-corrected chi connectivity index (χ1v) is 9.74. The molecule has 6 heteroatoms. The molecule has 2 N–H and O–H groups in total. The van der Waals surface area contributed by atoms with Gasteiger partial charge in [-0.1, -0.05) is 32.3 Å². The fourth-order valence-corrected chi connectivity index (χ4v) is 4.68. The molecule has 2 aromatic rings. The van der Waals surface area contributed by atoms with Crippen LogP contribution in [-0.4, -0.2) is 50.7 Å². The number of likely N-dealkylation sites (N-methyl/N-ethyl adjacent to an activating group) is 1. The van der Waals surface area contributed by atoms with E-state index < -0.39 is 0 Å². The Balaban J connectivity index is 1.59. The Morgan fingerprint density at radius 1 is 1.31 bits per heavy atom. The van der Waals surface area contributed by atoms with Gasteiger partial charge in [-0.15, -0.1) is 0 Å². The number of amides is 1. The summed E-state index contributed by atoms with van der Waals surface area (Å²) in [5, 5.41) is 10.8. The van der Waals surface area contributed by atoms with Crippen LogP contribution in [0.25, 0.3) is 11.4 Å². The lowest BCUT2D eigenvalue weighted by molar-refractivity contribution is 0.0494. The molecular formula is C20H27N5O. The Bertz CT molecular complexity index is 751. The summed E-state index contributed by atoms with van der Waals surface area (Å²) in [4.78, 5) is 19.8. The second-order valence-electron chi connectivity index (χ2n) is 7.54. The second-order valence-corrected chi connectivity index (χ2v) is 7.54. The van der Waals surface area contributed by atoms with Gasteiger partial charge in [0.05, 0.1) is 5.69 Å². The Morgan fingerprint density at radius 2 is 2.15 bits per heavy atom. The lowest BCUT2D eigenvalue weighted by atomic mass is 9.79. The van der Waals surface area contributed by atoms with Crippen molar-refractivity contribution in [2.75, 3.05) is 13.1 Å². The van der Waals surface area contributed by atoms with Crippen molar-refractivity contribution in [2.24, 2.45) is 0 Å². The fraction of sp³-hybridized carbons (Fsp3) is 0.550. The molecule has 3 heterocycles. The molecule has 1 aliphatic heterocycles. The third kappa shape index (κ3) is 3.14. The number of pyridine rings is 1. The normalized spacial score (nSPS) is 22.0. The molecule has 0 unspecified atom stereocenters. The van der Waals surface area contributed by atoms with E-state index in [1.807, 2.05) is 24.3 Å². The molecule has 2 aromatic heterocycles. The number of nitrogens with one attached hydrogen (secondary N) is 2. The number of hydrogen-bond acceptors (Lipinski definition) is 4. The largest absolute Gasteiger partial charge is 0.330 e. The van der Waals surface area contributed by atoms with Gasteiger partial charge in [-0.3, -0.25) is 14.9 Å². The monoisotopic (exact) mass is 353 g/mol. The van der Waals surface area contributed by atoms with E-state index in [1.54, 1.807) is 6.20 Å². The number of nitrogens with zero attached hydrogens (tertiary/aromatic N) is 3. The third-order valence-electron chi connectivity index (χ3n) is 5.86. The SMILES string of the molecule is CCN[C@@H]1CN(C(=O)c2cc(-c3ccccn3)n[nH]2)C2(CCCCC2)C1. The number of aromatic nitrogens is 3. The topological polar surface area (TPSA) is 73.9 Å². The van der Waals surface area contributed by atoms with Crippen molar-refractivity contribution in [1.82, 2.24) is 25.4 Å². The summed E-state index contributed by atoms with van der Waals surface area (Å²) in [5.74, 6) is 0.0713. The molecule has 0 aromatic carbocycles. The summed E-state index contributed by atoms with van der Waals surface area (Å²) in [6, 6.07) is 7.93. The Morgan fingerprint density at radius 3 is 2.88 bits per heavy atom. The van der Waals surface area contributed by atoms with Crippen LogP contribution in [0.15, 0.2) is 30.5 Å². The van der Waals surface area contributed by atoms with Crippen molar-refractivity contribution in [3.8, 4) is 11.4 Å². The van der Waals surface area contributed by atoms with Gasteiger partial charge in [0.2, 0.25) is 0 Å². The molecule has 1 atom stereocenters. The van der Waals surface area contributed by atoms with Gasteiger partial charge in [-0.2, -0.15) is 5.10 Å². The quantitative estimate of drug-likeness (QED) is 0.886. The maximum Gasteiger partial charge on any atom is 0.272 e. The molecular weight excluding hydrogens is 326 g/mol. The minimum Gasteiger partial charge on any atom is -0.330 e. The van der Waals surface area contributed by atoms with Crippen LogP contribution in [0, 0.1) is 0 Å². The first-order valence-electron chi connectivity index (χ1n) is 9.74. The summed E-state index contributed by atoms with van der Waals surface area (Å²) in [5.41, 5.74) is 2.07. The molecule has 1 saturated carbocycles. The van der Waals surface area contributed by atoms with Gasteiger partial charge in [0.1, 0.15) is 11.4 Å². The minimum atomic E-state index is 0.0123. The zero-order valence-corrected chi connectivity index (χ0v) is 15.4. The van der Waals surface area contributed by atoms with Gasteiger partial charge in [-0.25, -0.2) is 0 Å². The molecule has 2 aliphatic rings.